The van der Waals surface area contributed by atoms with Crippen molar-refractivity contribution in [2.24, 2.45) is 0 Å². The average Bonchev–Trinajstić information content (AvgIpc) is 2.23. The number of anilines is 1. The summed E-state index contributed by atoms with van der Waals surface area (Å²) in [4.78, 5) is 10.8. The molecule has 4 nitrogen and oxygen atoms in total. The molecule has 0 saturated carbocycles. The Morgan fingerprint density at radius 2 is 2.07 bits per heavy atom. The predicted octanol–water partition coefficient (Wildman–Crippen LogP) is 1.85. The summed E-state index contributed by atoms with van der Waals surface area (Å²) in [6.07, 6.45) is 3.79. The van der Waals surface area contributed by atoms with Crippen LogP contribution in [0.1, 0.15) is 13.8 Å². The van der Waals surface area contributed by atoms with Crippen molar-refractivity contribution >= 4 is 21.9 Å². The molecular weight excluding hydrogens is 258 g/mol. The molecule has 1 aliphatic heterocycles. The van der Waals surface area contributed by atoms with Gasteiger partial charge in [-0.3, -0.25) is 0 Å². The Kier molecular flexibility index (Phi) is 3.21. The maximum Gasteiger partial charge on any atom is 0.225 e. The van der Waals surface area contributed by atoms with E-state index in [-0.39, 0.29) is 6.10 Å². The maximum absolute atomic E-state index is 5.56. The summed E-state index contributed by atoms with van der Waals surface area (Å²) in [7, 11) is 0. The number of halogens is 1. The lowest BCUT2D eigenvalue weighted by atomic mass is 10.2. The zero-order chi connectivity index (χ0) is 10.8. The smallest absolute Gasteiger partial charge is 0.225 e. The van der Waals surface area contributed by atoms with Gasteiger partial charge in [-0.15, -0.1) is 0 Å². The molecule has 1 aromatic heterocycles. The number of hydrogen-bond acceptors (Lipinski definition) is 4. The van der Waals surface area contributed by atoms with Crippen molar-refractivity contribution in [3.63, 3.8) is 0 Å². The Labute approximate surface area is 97.8 Å². The van der Waals surface area contributed by atoms with E-state index in [9.17, 15) is 0 Å². The van der Waals surface area contributed by atoms with Crippen molar-refractivity contribution in [3.05, 3.63) is 16.9 Å². The number of ether oxygens (including phenoxy) is 1. The highest BCUT2D eigenvalue weighted by Crippen LogP contribution is 2.18. The summed E-state index contributed by atoms with van der Waals surface area (Å²) in [6, 6.07) is 0.336. The molecule has 0 bridgehead atoms. The lowest BCUT2D eigenvalue weighted by molar-refractivity contribution is 0.0337. The summed E-state index contributed by atoms with van der Waals surface area (Å²) >= 11 is 3.33. The highest BCUT2D eigenvalue weighted by molar-refractivity contribution is 9.10. The van der Waals surface area contributed by atoms with Crippen molar-refractivity contribution < 1.29 is 4.74 Å². The van der Waals surface area contributed by atoms with Crippen LogP contribution in [0, 0.1) is 0 Å². The molecule has 1 aromatic rings. The van der Waals surface area contributed by atoms with Gasteiger partial charge in [0.2, 0.25) is 5.95 Å². The van der Waals surface area contributed by atoms with Gasteiger partial charge in [0, 0.05) is 18.9 Å². The van der Waals surface area contributed by atoms with Crippen LogP contribution in [0.25, 0.3) is 0 Å². The van der Waals surface area contributed by atoms with Crippen LogP contribution in [0.4, 0.5) is 5.95 Å². The second-order valence-corrected chi connectivity index (χ2v) is 4.76. The predicted molar refractivity (Wildman–Crippen MR) is 62.0 cm³/mol. The first-order chi connectivity index (χ1) is 7.16. The first kappa shape index (κ1) is 10.8. The number of hydrogen-bond donors (Lipinski definition) is 0. The molecule has 1 fully saturated rings. The highest BCUT2D eigenvalue weighted by atomic mass is 79.9. The van der Waals surface area contributed by atoms with Crippen molar-refractivity contribution in [1.82, 2.24) is 9.97 Å². The topological polar surface area (TPSA) is 38.2 Å². The SMILES string of the molecule is CC1CN(c2ncc(Br)cn2)C(C)CO1. The summed E-state index contributed by atoms with van der Waals surface area (Å²) in [5, 5.41) is 0. The molecule has 15 heavy (non-hydrogen) atoms. The molecule has 2 atom stereocenters. The third kappa shape index (κ3) is 2.46. The second kappa shape index (κ2) is 4.45. The third-order valence-electron chi connectivity index (χ3n) is 2.47. The van der Waals surface area contributed by atoms with Gasteiger partial charge in [0.05, 0.1) is 23.2 Å². The van der Waals surface area contributed by atoms with Crippen LogP contribution in [0.5, 0.6) is 0 Å². The summed E-state index contributed by atoms with van der Waals surface area (Å²) in [5.74, 6) is 0.779. The minimum absolute atomic E-state index is 0.244. The van der Waals surface area contributed by atoms with E-state index < -0.39 is 0 Å². The van der Waals surface area contributed by atoms with Gasteiger partial charge in [-0.25, -0.2) is 9.97 Å². The Balaban J connectivity index is 2.17. The Hall–Kier alpha value is -0.680. The van der Waals surface area contributed by atoms with Crippen LogP contribution in [0.15, 0.2) is 16.9 Å². The molecule has 0 radical (unpaired) electrons. The largest absolute Gasteiger partial charge is 0.375 e. The van der Waals surface area contributed by atoms with Gasteiger partial charge in [0.15, 0.2) is 0 Å². The van der Waals surface area contributed by atoms with Crippen molar-refractivity contribution in [1.29, 1.82) is 0 Å². The van der Waals surface area contributed by atoms with Gasteiger partial charge in [0.1, 0.15) is 0 Å². The highest BCUT2D eigenvalue weighted by Gasteiger charge is 2.25. The quantitative estimate of drug-likeness (QED) is 0.782. The molecular formula is C10H14BrN3O. The van der Waals surface area contributed by atoms with Crippen molar-refractivity contribution in [2.75, 3.05) is 18.1 Å². The molecule has 2 heterocycles. The minimum Gasteiger partial charge on any atom is -0.375 e. The van der Waals surface area contributed by atoms with E-state index in [1.807, 2.05) is 0 Å². The van der Waals surface area contributed by atoms with Gasteiger partial charge in [-0.1, -0.05) is 0 Å². The number of nitrogens with zero attached hydrogens (tertiary/aromatic N) is 3. The maximum atomic E-state index is 5.56. The summed E-state index contributed by atoms with van der Waals surface area (Å²) in [6.45, 7) is 5.78. The van der Waals surface area contributed by atoms with E-state index >= 15 is 0 Å². The van der Waals surface area contributed by atoms with Gasteiger partial charge >= 0.3 is 0 Å². The molecule has 1 saturated heterocycles. The van der Waals surface area contributed by atoms with E-state index in [1.165, 1.54) is 0 Å². The fourth-order valence-electron chi connectivity index (χ4n) is 1.64. The fourth-order valence-corrected chi connectivity index (χ4v) is 1.84. The second-order valence-electron chi connectivity index (χ2n) is 3.85. The molecule has 82 valence electrons. The molecule has 5 heteroatoms. The van der Waals surface area contributed by atoms with E-state index in [0.717, 1.165) is 23.6 Å². The number of aromatic nitrogens is 2. The minimum atomic E-state index is 0.244. The van der Waals surface area contributed by atoms with Crippen molar-refractivity contribution in [3.8, 4) is 0 Å². The molecule has 0 N–H and O–H groups in total. The molecule has 0 spiro atoms. The Morgan fingerprint density at radius 1 is 1.40 bits per heavy atom. The first-order valence-corrected chi connectivity index (χ1v) is 5.82. The van der Waals surface area contributed by atoms with Gasteiger partial charge < -0.3 is 9.64 Å². The van der Waals surface area contributed by atoms with Crippen molar-refractivity contribution in [2.45, 2.75) is 26.0 Å². The average molecular weight is 272 g/mol. The standard InChI is InChI=1S/C10H14BrN3O/c1-7-6-15-8(2)5-14(7)10-12-3-9(11)4-13-10/h3-4,7-8H,5-6H2,1-2H3. The molecule has 1 aliphatic rings. The van der Waals surface area contributed by atoms with E-state index in [2.05, 4.69) is 44.6 Å². The zero-order valence-corrected chi connectivity index (χ0v) is 10.4. The van der Waals surface area contributed by atoms with Gasteiger partial charge in [-0.2, -0.15) is 0 Å². The lowest BCUT2D eigenvalue weighted by Crippen LogP contribution is -2.48. The van der Waals surface area contributed by atoms with Crippen LogP contribution in [0.3, 0.4) is 0 Å². The molecule has 2 rings (SSSR count). The summed E-state index contributed by atoms with van der Waals surface area (Å²) < 4.78 is 6.46. The Morgan fingerprint density at radius 3 is 2.73 bits per heavy atom. The normalized spacial score (nSPS) is 26.7. The number of morpholine rings is 1. The van der Waals surface area contributed by atoms with Gasteiger partial charge in [0.25, 0.3) is 0 Å². The van der Waals surface area contributed by atoms with Crippen LogP contribution in [-0.4, -0.2) is 35.3 Å². The molecule has 0 aliphatic carbocycles. The van der Waals surface area contributed by atoms with E-state index in [4.69, 9.17) is 4.74 Å². The fraction of sp³-hybridized carbons (Fsp3) is 0.600. The van der Waals surface area contributed by atoms with Crippen LogP contribution < -0.4 is 4.90 Å². The van der Waals surface area contributed by atoms with Crippen LogP contribution in [0.2, 0.25) is 0 Å². The van der Waals surface area contributed by atoms with E-state index in [1.54, 1.807) is 12.4 Å². The third-order valence-corrected chi connectivity index (χ3v) is 2.88. The summed E-state index contributed by atoms with van der Waals surface area (Å²) in [5.41, 5.74) is 0. The monoisotopic (exact) mass is 271 g/mol. The zero-order valence-electron chi connectivity index (χ0n) is 8.85. The molecule has 0 amide bonds. The molecule has 2 unspecified atom stereocenters. The van der Waals surface area contributed by atoms with E-state index in [0.29, 0.717) is 6.04 Å². The lowest BCUT2D eigenvalue weighted by Gasteiger charge is -2.36. The Bertz CT molecular complexity index is 330. The first-order valence-electron chi connectivity index (χ1n) is 5.02. The van der Waals surface area contributed by atoms with Crippen LogP contribution >= 0.6 is 15.9 Å². The van der Waals surface area contributed by atoms with Crippen LogP contribution in [-0.2, 0) is 4.74 Å². The number of rotatable bonds is 1. The van der Waals surface area contributed by atoms with Gasteiger partial charge in [-0.05, 0) is 29.8 Å². The molecule has 0 aromatic carbocycles.